The lowest BCUT2D eigenvalue weighted by Crippen LogP contribution is -2.03. The Kier molecular flexibility index (Phi) is 13.4. The number of unbranched alkanes of at least 4 members (excludes halogenated alkanes) is 10. The number of benzene rings is 1. The van der Waals surface area contributed by atoms with Crippen LogP contribution < -0.4 is 0 Å². The van der Waals surface area contributed by atoms with E-state index in [4.69, 9.17) is 0 Å². The Bertz CT molecular complexity index is 451. The zero-order chi connectivity index (χ0) is 19.0. The highest BCUT2D eigenvalue weighted by Gasteiger charge is 2.16. The molecule has 1 rings (SSSR count). The summed E-state index contributed by atoms with van der Waals surface area (Å²) in [6.45, 7) is 6.85. The summed E-state index contributed by atoms with van der Waals surface area (Å²) in [5, 5.41) is 10.4. The van der Waals surface area contributed by atoms with E-state index in [1.54, 1.807) is 0 Å². The summed E-state index contributed by atoms with van der Waals surface area (Å²) in [4.78, 5) is 0. The Balaban J connectivity index is 2.51. The molecule has 1 aromatic carbocycles. The molecule has 0 radical (unpaired) electrons. The molecule has 1 atom stereocenters. The Hall–Kier alpha value is -0.980. The first-order valence-electron chi connectivity index (χ1n) is 11.5. The molecule has 0 spiro atoms. The topological polar surface area (TPSA) is 20.2 Å². The number of aromatic hydroxyl groups is 1. The smallest absolute Gasteiger partial charge is 0.119 e. The monoisotopic (exact) mass is 360 g/mol. The number of rotatable bonds is 16. The van der Waals surface area contributed by atoms with Crippen molar-refractivity contribution in [1.29, 1.82) is 0 Å². The van der Waals surface area contributed by atoms with Crippen LogP contribution in [0.15, 0.2) is 18.2 Å². The Morgan fingerprint density at radius 3 is 1.92 bits per heavy atom. The normalized spacial score (nSPS) is 12.4. The summed E-state index contributed by atoms with van der Waals surface area (Å²) in [5.74, 6) is 1.14. The van der Waals surface area contributed by atoms with Gasteiger partial charge in [0.15, 0.2) is 0 Å². The van der Waals surface area contributed by atoms with Crippen LogP contribution >= 0.6 is 0 Å². The first-order valence-corrected chi connectivity index (χ1v) is 11.5. The van der Waals surface area contributed by atoms with Gasteiger partial charge in [-0.05, 0) is 48.8 Å². The van der Waals surface area contributed by atoms with E-state index < -0.39 is 0 Å². The average Bonchev–Trinajstić information content (AvgIpc) is 2.65. The van der Waals surface area contributed by atoms with Crippen molar-refractivity contribution in [2.24, 2.45) is 0 Å². The minimum atomic E-state index is 0.526. The highest BCUT2D eigenvalue weighted by Crippen LogP contribution is 2.34. The second-order valence-electron chi connectivity index (χ2n) is 8.02. The van der Waals surface area contributed by atoms with E-state index >= 15 is 0 Å². The minimum absolute atomic E-state index is 0.526. The van der Waals surface area contributed by atoms with Crippen molar-refractivity contribution in [3.8, 4) is 5.75 Å². The van der Waals surface area contributed by atoms with Gasteiger partial charge in [-0.1, -0.05) is 104 Å². The molecular weight excluding hydrogens is 316 g/mol. The third-order valence-corrected chi connectivity index (χ3v) is 5.81. The summed E-state index contributed by atoms with van der Waals surface area (Å²) < 4.78 is 0. The predicted octanol–water partition coefficient (Wildman–Crippen LogP) is 8.54. The van der Waals surface area contributed by atoms with Crippen molar-refractivity contribution in [2.45, 2.75) is 123 Å². The van der Waals surface area contributed by atoms with E-state index in [1.807, 2.05) is 12.1 Å². The standard InChI is InChI=1S/C25H44O/c1-4-7-9-11-12-14-16-19-24-23(20-17-21-25(24)26)22(6-3)18-15-13-10-8-5-2/h17,20-22,26H,4-16,18-19H2,1-3H3. The quantitative estimate of drug-likeness (QED) is 0.293. The highest BCUT2D eigenvalue weighted by molar-refractivity contribution is 5.41. The molecule has 26 heavy (non-hydrogen) atoms. The molecule has 0 bridgehead atoms. The summed E-state index contributed by atoms with van der Waals surface area (Å²) in [6, 6.07) is 6.20. The van der Waals surface area contributed by atoms with Gasteiger partial charge in [0, 0.05) is 0 Å². The minimum Gasteiger partial charge on any atom is -0.508 e. The Morgan fingerprint density at radius 1 is 0.731 bits per heavy atom. The van der Waals surface area contributed by atoms with Gasteiger partial charge in [0.25, 0.3) is 0 Å². The van der Waals surface area contributed by atoms with Crippen LogP contribution in [0.25, 0.3) is 0 Å². The molecule has 0 saturated carbocycles. The summed E-state index contributed by atoms with van der Waals surface area (Å²) in [6.07, 6.45) is 19.5. The van der Waals surface area contributed by atoms with Crippen LogP contribution in [0.5, 0.6) is 5.75 Å². The lowest BCUT2D eigenvalue weighted by molar-refractivity contribution is 0.460. The fourth-order valence-corrected chi connectivity index (χ4v) is 4.08. The van der Waals surface area contributed by atoms with Crippen LogP contribution in [0.2, 0.25) is 0 Å². The van der Waals surface area contributed by atoms with E-state index in [9.17, 15) is 5.11 Å². The molecule has 150 valence electrons. The second-order valence-corrected chi connectivity index (χ2v) is 8.02. The predicted molar refractivity (Wildman–Crippen MR) is 116 cm³/mol. The average molecular weight is 361 g/mol. The van der Waals surface area contributed by atoms with Crippen LogP contribution in [0, 0.1) is 0 Å². The molecule has 0 fully saturated rings. The van der Waals surface area contributed by atoms with Crippen molar-refractivity contribution in [1.82, 2.24) is 0 Å². The maximum Gasteiger partial charge on any atom is 0.119 e. The van der Waals surface area contributed by atoms with E-state index in [0.29, 0.717) is 11.7 Å². The van der Waals surface area contributed by atoms with Gasteiger partial charge >= 0.3 is 0 Å². The van der Waals surface area contributed by atoms with Gasteiger partial charge in [0.05, 0.1) is 0 Å². The van der Waals surface area contributed by atoms with Crippen molar-refractivity contribution in [3.63, 3.8) is 0 Å². The largest absolute Gasteiger partial charge is 0.508 e. The van der Waals surface area contributed by atoms with Crippen molar-refractivity contribution < 1.29 is 5.11 Å². The maximum absolute atomic E-state index is 10.4. The van der Waals surface area contributed by atoms with Gasteiger partial charge in [0.2, 0.25) is 0 Å². The summed E-state index contributed by atoms with van der Waals surface area (Å²) >= 11 is 0. The molecule has 1 N–H and O–H groups in total. The number of phenolic OH excluding ortho intramolecular Hbond substituents is 1. The van der Waals surface area contributed by atoms with Crippen molar-refractivity contribution >= 4 is 0 Å². The number of hydrogen-bond donors (Lipinski definition) is 1. The molecule has 1 heteroatoms. The van der Waals surface area contributed by atoms with Gasteiger partial charge < -0.3 is 5.11 Å². The van der Waals surface area contributed by atoms with Gasteiger partial charge in [-0.3, -0.25) is 0 Å². The number of phenols is 1. The second kappa shape index (κ2) is 15.1. The van der Waals surface area contributed by atoms with Gasteiger partial charge in [-0.15, -0.1) is 0 Å². The molecule has 0 aliphatic rings. The van der Waals surface area contributed by atoms with Crippen molar-refractivity contribution in [2.75, 3.05) is 0 Å². The molecule has 1 nitrogen and oxygen atoms in total. The first-order chi connectivity index (χ1) is 12.7. The molecule has 0 aromatic heterocycles. The van der Waals surface area contributed by atoms with Crippen LogP contribution in [-0.2, 0) is 6.42 Å². The number of hydrogen-bond acceptors (Lipinski definition) is 1. The molecular formula is C25H44O. The van der Waals surface area contributed by atoms with Crippen LogP contribution in [-0.4, -0.2) is 5.11 Å². The van der Waals surface area contributed by atoms with Crippen molar-refractivity contribution in [3.05, 3.63) is 29.3 Å². The first kappa shape index (κ1) is 23.1. The van der Waals surface area contributed by atoms with Crippen LogP contribution in [0.3, 0.4) is 0 Å². The van der Waals surface area contributed by atoms with Gasteiger partial charge in [-0.25, -0.2) is 0 Å². The third-order valence-electron chi connectivity index (χ3n) is 5.81. The van der Waals surface area contributed by atoms with E-state index in [2.05, 4.69) is 26.8 Å². The highest BCUT2D eigenvalue weighted by atomic mass is 16.3. The zero-order valence-electron chi connectivity index (χ0n) is 17.9. The van der Waals surface area contributed by atoms with Gasteiger partial charge in [-0.2, -0.15) is 0 Å². The molecule has 0 saturated heterocycles. The summed E-state index contributed by atoms with van der Waals surface area (Å²) in [5.41, 5.74) is 2.66. The summed E-state index contributed by atoms with van der Waals surface area (Å²) in [7, 11) is 0. The maximum atomic E-state index is 10.4. The molecule has 0 amide bonds. The molecule has 1 unspecified atom stereocenters. The Labute approximate surface area is 163 Å². The fraction of sp³-hybridized carbons (Fsp3) is 0.760. The lowest BCUT2D eigenvalue weighted by atomic mass is 9.85. The van der Waals surface area contributed by atoms with Crippen LogP contribution in [0.1, 0.15) is 128 Å². The van der Waals surface area contributed by atoms with E-state index in [0.717, 1.165) is 6.42 Å². The Morgan fingerprint density at radius 2 is 1.31 bits per heavy atom. The fourth-order valence-electron chi connectivity index (χ4n) is 4.08. The third kappa shape index (κ3) is 9.10. The lowest BCUT2D eigenvalue weighted by Gasteiger charge is -2.20. The SMILES string of the molecule is CCCCCCCCCc1c(O)cccc1C(CC)CCCCCCC. The van der Waals surface area contributed by atoms with E-state index in [1.165, 1.54) is 101 Å². The zero-order valence-corrected chi connectivity index (χ0v) is 17.9. The molecule has 0 heterocycles. The van der Waals surface area contributed by atoms with Gasteiger partial charge in [0.1, 0.15) is 5.75 Å². The van der Waals surface area contributed by atoms with Crippen LogP contribution in [0.4, 0.5) is 0 Å². The molecule has 1 aromatic rings. The molecule has 0 aliphatic carbocycles. The molecule has 0 aliphatic heterocycles. The van der Waals surface area contributed by atoms with E-state index in [-0.39, 0.29) is 0 Å².